The zero-order chi connectivity index (χ0) is 14.6. The summed E-state index contributed by atoms with van der Waals surface area (Å²) in [6.45, 7) is 3.31. The first-order valence-corrected chi connectivity index (χ1v) is 5.94. The van der Waals surface area contributed by atoms with Crippen LogP contribution in [0.3, 0.4) is 0 Å². The zero-order valence-electron chi connectivity index (χ0n) is 10.4. The van der Waals surface area contributed by atoms with Gasteiger partial charge in [0.1, 0.15) is 11.9 Å². The molecule has 1 atom stereocenters. The normalized spacial score (nSPS) is 12.1. The molecule has 0 aliphatic heterocycles. The summed E-state index contributed by atoms with van der Waals surface area (Å²) < 4.78 is 13.4. The van der Waals surface area contributed by atoms with Crippen molar-refractivity contribution >= 4 is 29.3 Å². The quantitative estimate of drug-likeness (QED) is 0.797. The number of nitrogens with one attached hydrogen (secondary N) is 2. The highest BCUT2D eigenvalue weighted by molar-refractivity contribution is 6.30. The van der Waals surface area contributed by atoms with Gasteiger partial charge < -0.3 is 15.7 Å². The molecule has 2 amide bonds. The summed E-state index contributed by atoms with van der Waals surface area (Å²) in [7, 11) is 0. The number of carboxylic acids is 1. The average Bonchev–Trinajstić information content (AvgIpc) is 2.29. The number of carbonyl (C=O) groups excluding carboxylic acids is 1. The minimum absolute atomic E-state index is 0.0743. The molecule has 0 spiro atoms. The molecule has 1 aromatic carbocycles. The van der Waals surface area contributed by atoms with Crippen molar-refractivity contribution in [1.29, 1.82) is 0 Å². The molecule has 1 aromatic rings. The Morgan fingerprint density at radius 2 is 2.00 bits per heavy atom. The first-order valence-electron chi connectivity index (χ1n) is 5.56. The fourth-order valence-electron chi connectivity index (χ4n) is 1.40. The van der Waals surface area contributed by atoms with E-state index >= 15 is 0 Å². The molecule has 0 fully saturated rings. The van der Waals surface area contributed by atoms with Gasteiger partial charge in [0.2, 0.25) is 0 Å². The molecule has 7 heteroatoms. The van der Waals surface area contributed by atoms with E-state index < -0.39 is 23.9 Å². The third kappa shape index (κ3) is 4.40. The number of benzene rings is 1. The van der Waals surface area contributed by atoms with Crippen LogP contribution in [0.2, 0.25) is 5.02 Å². The van der Waals surface area contributed by atoms with E-state index in [1.165, 1.54) is 12.1 Å². The molecule has 19 heavy (non-hydrogen) atoms. The summed E-state index contributed by atoms with van der Waals surface area (Å²) in [5.74, 6) is -2.14. The Morgan fingerprint density at radius 1 is 1.37 bits per heavy atom. The molecule has 0 saturated carbocycles. The van der Waals surface area contributed by atoms with Crippen LogP contribution < -0.4 is 10.6 Å². The van der Waals surface area contributed by atoms with E-state index in [4.69, 9.17) is 16.7 Å². The minimum Gasteiger partial charge on any atom is -0.480 e. The molecule has 0 aromatic heterocycles. The summed E-state index contributed by atoms with van der Waals surface area (Å²) in [5, 5.41) is 13.6. The molecule has 1 rings (SSSR count). The highest BCUT2D eigenvalue weighted by atomic mass is 35.5. The van der Waals surface area contributed by atoms with Crippen molar-refractivity contribution in [2.24, 2.45) is 5.92 Å². The second-order valence-corrected chi connectivity index (χ2v) is 4.72. The third-order valence-electron chi connectivity index (χ3n) is 2.40. The lowest BCUT2D eigenvalue weighted by Crippen LogP contribution is -2.46. The van der Waals surface area contributed by atoms with Gasteiger partial charge in [0.15, 0.2) is 0 Å². The van der Waals surface area contributed by atoms with E-state index in [0.29, 0.717) is 0 Å². The van der Waals surface area contributed by atoms with E-state index in [-0.39, 0.29) is 16.6 Å². The Kier molecular flexibility index (Phi) is 5.11. The van der Waals surface area contributed by atoms with E-state index in [2.05, 4.69) is 10.6 Å². The maximum atomic E-state index is 13.4. The van der Waals surface area contributed by atoms with Crippen LogP contribution in [0, 0.1) is 11.7 Å². The number of amides is 2. The standard InChI is InChI=1S/C12H14ClFN2O3/c1-6(2)10(11(17)18)16-12(19)15-9-4-3-7(13)5-8(9)14/h3-6,10H,1-2H3,(H,17,18)(H2,15,16,19)/t10-/m1/s1. The first-order chi connectivity index (χ1) is 8.81. The SMILES string of the molecule is CC(C)[C@@H](NC(=O)Nc1ccc(Cl)cc1F)C(=O)O. The Hall–Kier alpha value is -1.82. The molecule has 104 valence electrons. The molecule has 0 aliphatic carbocycles. The van der Waals surface area contributed by atoms with Crippen molar-refractivity contribution in [2.75, 3.05) is 5.32 Å². The van der Waals surface area contributed by atoms with Gasteiger partial charge in [0.25, 0.3) is 0 Å². The number of halogens is 2. The van der Waals surface area contributed by atoms with E-state index in [0.717, 1.165) is 6.07 Å². The van der Waals surface area contributed by atoms with Gasteiger partial charge in [-0.25, -0.2) is 14.0 Å². The lowest BCUT2D eigenvalue weighted by Gasteiger charge is -2.18. The maximum Gasteiger partial charge on any atom is 0.326 e. The number of carboxylic acid groups (broad SMARTS) is 1. The highest BCUT2D eigenvalue weighted by Gasteiger charge is 2.23. The molecule has 0 unspecified atom stereocenters. The molecule has 0 heterocycles. The van der Waals surface area contributed by atoms with Gasteiger partial charge in [-0.15, -0.1) is 0 Å². The molecule has 0 saturated heterocycles. The number of aliphatic carboxylic acids is 1. The van der Waals surface area contributed by atoms with Crippen molar-refractivity contribution in [3.8, 4) is 0 Å². The fraction of sp³-hybridized carbons (Fsp3) is 0.333. The monoisotopic (exact) mass is 288 g/mol. The van der Waals surface area contributed by atoms with Crippen molar-refractivity contribution in [3.63, 3.8) is 0 Å². The Balaban J connectivity index is 2.72. The second kappa shape index (κ2) is 6.38. The summed E-state index contributed by atoms with van der Waals surface area (Å²) >= 11 is 5.57. The fourth-order valence-corrected chi connectivity index (χ4v) is 1.56. The molecule has 0 aliphatic rings. The van der Waals surface area contributed by atoms with Crippen LogP contribution >= 0.6 is 11.6 Å². The molecular weight excluding hydrogens is 275 g/mol. The Morgan fingerprint density at radius 3 is 2.47 bits per heavy atom. The van der Waals surface area contributed by atoms with Crippen LogP contribution in [0.1, 0.15) is 13.8 Å². The predicted octanol–water partition coefficient (Wildman–Crippen LogP) is 2.71. The van der Waals surface area contributed by atoms with E-state index in [9.17, 15) is 14.0 Å². The lowest BCUT2D eigenvalue weighted by atomic mass is 10.1. The largest absolute Gasteiger partial charge is 0.480 e. The van der Waals surface area contributed by atoms with Crippen molar-refractivity contribution in [1.82, 2.24) is 5.32 Å². The van der Waals surface area contributed by atoms with Gasteiger partial charge in [0, 0.05) is 5.02 Å². The van der Waals surface area contributed by atoms with Crippen LogP contribution in [0.4, 0.5) is 14.9 Å². The maximum absolute atomic E-state index is 13.4. The van der Waals surface area contributed by atoms with Gasteiger partial charge in [0.05, 0.1) is 5.69 Å². The third-order valence-corrected chi connectivity index (χ3v) is 2.63. The molecular formula is C12H14ClFN2O3. The minimum atomic E-state index is -1.15. The number of hydrogen-bond acceptors (Lipinski definition) is 2. The van der Waals surface area contributed by atoms with Crippen LogP contribution in [-0.2, 0) is 4.79 Å². The molecule has 0 radical (unpaired) electrons. The highest BCUT2D eigenvalue weighted by Crippen LogP contribution is 2.18. The van der Waals surface area contributed by atoms with Crippen molar-refractivity contribution < 1.29 is 19.1 Å². The Labute approximate surface area is 114 Å². The molecule has 5 nitrogen and oxygen atoms in total. The van der Waals surface area contributed by atoms with Gasteiger partial charge in [-0.1, -0.05) is 25.4 Å². The summed E-state index contributed by atoms with van der Waals surface area (Å²) in [6.07, 6.45) is 0. The van der Waals surface area contributed by atoms with Gasteiger partial charge in [-0.2, -0.15) is 0 Å². The van der Waals surface area contributed by atoms with Crippen molar-refractivity contribution in [3.05, 3.63) is 29.0 Å². The van der Waals surface area contributed by atoms with E-state index in [1.807, 2.05) is 0 Å². The van der Waals surface area contributed by atoms with Gasteiger partial charge in [-0.3, -0.25) is 0 Å². The van der Waals surface area contributed by atoms with Gasteiger partial charge in [-0.05, 0) is 24.1 Å². The van der Waals surface area contributed by atoms with Crippen LogP contribution in [0.25, 0.3) is 0 Å². The van der Waals surface area contributed by atoms with Crippen LogP contribution in [0.15, 0.2) is 18.2 Å². The number of hydrogen-bond donors (Lipinski definition) is 3. The smallest absolute Gasteiger partial charge is 0.326 e. The predicted molar refractivity (Wildman–Crippen MR) is 69.8 cm³/mol. The Bertz CT molecular complexity index is 494. The summed E-state index contributed by atoms with van der Waals surface area (Å²) in [5.41, 5.74) is -0.0743. The summed E-state index contributed by atoms with van der Waals surface area (Å²) in [4.78, 5) is 22.5. The van der Waals surface area contributed by atoms with E-state index in [1.54, 1.807) is 13.8 Å². The topological polar surface area (TPSA) is 78.4 Å². The van der Waals surface area contributed by atoms with Gasteiger partial charge >= 0.3 is 12.0 Å². The molecule has 3 N–H and O–H groups in total. The number of urea groups is 1. The number of carbonyl (C=O) groups is 2. The zero-order valence-corrected chi connectivity index (χ0v) is 11.2. The number of anilines is 1. The number of rotatable bonds is 4. The van der Waals surface area contributed by atoms with Crippen molar-refractivity contribution in [2.45, 2.75) is 19.9 Å². The van der Waals surface area contributed by atoms with Crippen LogP contribution in [0.5, 0.6) is 0 Å². The first kappa shape index (κ1) is 15.2. The lowest BCUT2D eigenvalue weighted by molar-refractivity contribution is -0.140. The van der Waals surface area contributed by atoms with Crippen LogP contribution in [-0.4, -0.2) is 23.1 Å². The summed E-state index contributed by atoms with van der Waals surface area (Å²) in [6, 6.07) is 1.92. The average molecular weight is 289 g/mol. The molecule has 0 bridgehead atoms. The second-order valence-electron chi connectivity index (χ2n) is 4.28.